The van der Waals surface area contributed by atoms with E-state index in [4.69, 9.17) is 39.5 Å². The van der Waals surface area contributed by atoms with Crippen molar-refractivity contribution in [3.63, 3.8) is 0 Å². The number of hydrogen-bond donors (Lipinski definition) is 2. The van der Waals surface area contributed by atoms with Crippen LogP contribution < -0.4 is 14.8 Å². The molecule has 0 bridgehead atoms. The first-order chi connectivity index (χ1) is 19.4. The fraction of sp³-hybridized carbons (Fsp3) is 0.367. The Labute approximate surface area is 257 Å². The van der Waals surface area contributed by atoms with E-state index in [1.807, 2.05) is 18.2 Å². The third-order valence-electron chi connectivity index (χ3n) is 6.70. The van der Waals surface area contributed by atoms with E-state index in [-0.39, 0.29) is 38.3 Å². The van der Waals surface area contributed by atoms with Gasteiger partial charge in [-0.1, -0.05) is 91.1 Å². The lowest BCUT2D eigenvalue weighted by Crippen LogP contribution is -2.36. The van der Waals surface area contributed by atoms with E-state index in [2.05, 4.69) is 41.9 Å². The summed E-state index contributed by atoms with van der Waals surface area (Å²) in [6.07, 6.45) is 0.458. The van der Waals surface area contributed by atoms with Crippen LogP contribution in [-0.2, 0) is 21.4 Å². The second-order valence-corrected chi connectivity index (χ2v) is 13.6. The van der Waals surface area contributed by atoms with Crippen molar-refractivity contribution < 1.29 is 17.9 Å². The molecule has 11 heteroatoms. The predicted molar refractivity (Wildman–Crippen MR) is 164 cm³/mol. The van der Waals surface area contributed by atoms with Crippen molar-refractivity contribution in [2.75, 3.05) is 20.2 Å². The van der Waals surface area contributed by atoms with Gasteiger partial charge in [0, 0.05) is 36.5 Å². The third kappa shape index (κ3) is 8.37. The largest absolute Gasteiger partial charge is 0.493 e. The summed E-state index contributed by atoms with van der Waals surface area (Å²) in [4.78, 5) is 15.3. The zero-order chi connectivity index (χ0) is 29.7. The van der Waals surface area contributed by atoms with E-state index in [0.29, 0.717) is 24.5 Å². The topological polar surface area (TPSA) is 87.7 Å². The van der Waals surface area contributed by atoms with Gasteiger partial charge in [-0.25, -0.2) is 13.1 Å². The second-order valence-electron chi connectivity index (χ2n) is 10.7. The highest BCUT2D eigenvalue weighted by atomic mass is 35.5. The summed E-state index contributed by atoms with van der Waals surface area (Å²) in [7, 11) is -2.12. The molecule has 7 nitrogen and oxygen atoms in total. The molecule has 0 aliphatic carbocycles. The normalized spacial score (nSPS) is 15.9. The van der Waals surface area contributed by atoms with Crippen LogP contribution in [0.2, 0.25) is 15.1 Å². The van der Waals surface area contributed by atoms with Gasteiger partial charge in [-0.05, 0) is 42.3 Å². The molecule has 220 valence electrons. The highest BCUT2D eigenvalue weighted by Crippen LogP contribution is 2.35. The summed E-state index contributed by atoms with van der Waals surface area (Å²) in [5.74, 6) is 1.01. The molecule has 1 amide bonds. The van der Waals surface area contributed by atoms with Gasteiger partial charge >= 0.3 is 0 Å². The summed E-state index contributed by atoms with van der Waals surface area (Å²) in [5.41, 5.74) is 2.66. The molecule has 0 fully saturated rings. The Balaban J connectivity index is 1.51. The Morgan fingerprint density at radius 3 is 2.39 bits per heavy atom. The van der Waals surface area contributed by atoms with Gasteiger partial charge in [0.2, 0.25) is 15.9 Å². The maximum absolute atomic E-state index is 13.4. The van der Waals surface area contributed by atoms with Crippen molar-refractivity contribution in [3.05, 3.63) is 92.4 Å². The summed E-state index contributed by atoms with van der Waals surface area (Å²) in [6.45, 7) is 6.63. The van der Waals surface area contributed by atoms with Gasteiger partial charge in [0.05, 0.1) is 28.7 Å². The molecule has 3 aromatic carbocycles. The molecule has 0 saturated carbocycles. The molecule has 0 saturated heterocycles. The summed E-state index contributed by atoms with van der Waals surface area (Å²) < 4.78 is 35.4. The fourth-order valence-electron chi connectivity index (χ4n) is 5.07. The predicted octanol–water partition coefficient (Wildman–Crippen LogP) is 6.78. The maximum Gasteiger partial charge on any atom is 0.244 e. The average Bonchev–Trinajstić information content (AvgIpc) is 2.87. The quantitative estimate of drug-likeness (QED) is 0.242. The van der Waals surface area contributed by atoms with E-state index in [1.54, 1.807) is 24.3 Å². The highest BCUT2D eigenvalue weighted by Gasteiger charge is 2.30. The molecule has 2 atom stereocenters. The monoisotopic (exact) mass is 637 g/mol. The van der Waals surface area contributed by atoms with Gasteiger partial charge in [-0.2, -0.15) is 0 Å². The molecule has 0 aromatic heterocycles. The molecule has 1 heterocycles. The molecule has 2 N–H and O–H groups in total. The Hall–Kier alpha value is -2.33. The highest BCUT2D eigenvalue weighted by molar-refractivity contribution is 7.89. The lowest BCUT2D eigenvalue weighted by atomic mass is 9.97. The number of nitrogens with zero attached hydrogens (tertiary/aromatic N) is 1. The molecule has 2 unspecified atom stereocenters. The molecule has 3 aromatic rings. The van der Waals surface area contributed by atoms with Crippen LogP contribution in [0.4, 0.5) is 0 Å². The Bertz CT molecular complexity index is 1460. The Morgan fingerprint density at radius 2 is 1.73 bits per heavy atom. The van der Waals surface area contributed by atoms with Crippen LogP contribution in [0.1, 0.15) is 55.5 Å². The average molecular weight is 639 g/mol. The van der Waals surface area contributed by atoms with E-state index < -0.39 is 16.1 Å². The van der Waals surface area contributed by atoms with Gasteiger partial charge in [-0.3, -0.25) is 4.79 Å². The summed E-state index contributed by atoms with van der Waals surface area (Å²) >= 11 is 18.4. The molecule has 1 aliphatic heterocycles. The van der Waals surface area contributed by atoms with Crippen molar-refractivity contribution in [1.29, 1.82) is 0 Å². The van der Waals surface area contributed by atoms with Crippen molar-refractivity contribution in [3.8, 4) is 5.75 Å². The van der Waals surface area contributed by atoms with Crippen LogP contribution >= 0.6 is 34.8 Å². The van der Waals surface area contributed by atoms with Gasteiger partial charge in [-0.15, -0.1) is 0 Å². The van der Waals surface area contributed by atoms with Crippen LogP contribution in [0.5, 0.6) is 5.75 Å². The van der Waals surface area contributed by atoms with E-state index in [9.17, 15) is 13.2 Å². The van der Waals surface area contributed by atoms with Crippen molar-refractivity contribution >= 4 is 50.7 Å². The number of sulfonamides is 1. The lowest BCUT2D eigenvalue weighted by molar-refractivity contribution is -0.122. The number of rotatable bonds is 11. The Morgan fingerprint density at radius 1 is 1.05 bits per heavy atom. The second kappa shape index (κ2) is 13.8. The minimum Gasteiger partial charge on any atom is -0.493 e. The standard InChI is InChI=1S/C30H34Cl3N3O4S/c1-19(2)17-36(3)18-20-9-10-23-26(11-12-40-28(23)13-20)34-29(37)16-27(21-7-5-4-6-8-21)35-41(38,39)30-24(32)14-22(31)15-25(30)33/h4-10,13-15,19,26-27,35H,11-12,16-18H2,1-3H3,(H,34,37). The van der Waals surface area contributed by atoms with Crippen LogP contribution in [0.3, 0.4) is 0 Å². The number of benzene rings is 3. The zero-order valence-electron chi connectivity index (χ0n) is 23.2. The molecule has 4 rings (SSSR count). The van der Waals surface area contributed by atoms with Crippen LogP contribution in [0, 0.1) is 5.92 Å². The smallest absolute Gasteiger partial charge is 0.244 e. The first-order valence-corrected chi connectivity index (χ1v) is 16.0. The summed E-state index contributed by atoms with van der Waals surface area (Å²) in [6, 6.07) is 16.5. The number of nitrogens with one attached hydrogen (secondary N) is 2. The van der Waals surface area contributed by atoms with Gasteiger partial charge in [0.15, 0.2) is 0 Å². The maximum atomic E-state index is 13.4. The molecule has 0 radical (unpaired) electrons. The molecular formula is C30H34Cl3N3O4S. The lowest BCUT2D eigenvalue weighted by Gasteiger charge is -2.28. The van der Waals surface area contributed by atoms with Crippen molar-refractivity contribution in [2.45, 2.75) is 50.2 Å². The number of ether oxygens (including phenoxy) is 1. The molecule has 41 heavy (non-hydrogen) atoms. The van der Waals surface area contributed by atoms with Gasteiger partial charge < -0.3 is 15.0 Å². The Kier molecular flexibility index (Phi) is 10.6. The number of hydrogen-bond acceptors (Lipinski definition) is 5. The van der Waals surface area contributed by atoms with Crippen LogP contribution in [0.25, 0.3) is 0 Å². The van der Waals surface area contributed by atoms with Crippen LogP contribution in [0.15, 0.2) is 65.6 Å². The molecule has 0 spiro atoms. The van der Waals surface area contributed by atoms with E-state index in [0.717, 1.165) is 30.0 Å². The van der Waals surface area contributed by atoms with Crippen molar-refractivity contribution in [2.24, 2.45) is 5.92 Å². The van der Waals surface area contributed by atoms with Crippen molar-refractivity contribution in [1.82, 2.24) is 14.9 Å². The zero-order valence-corrected chi connectivity index (χ0v) is 26.2. The minimum atomic E-state index is -4.21. The van der Waals surface area contributed by atoms with Crippen LogP contribution in [-0.4, -0.2) is 39.4 Å². The number of carbonyl (C=O) groups is 1. The third-order valence-corrected chi connectivity index (χ3v) is 9.31. The minimum absolute atomic E-state index is 0.111. The number of fused-ring (bicyclic) bond motifs is 1. The molecule has 1 aliphatic rings. The van der Waals surface area contributed by atoms with E-state index >= 15 is 0 Å². The number of halogens is 3. The summed E-state index contributed by atoms with van der Waals surface area (Å²) in [5, 5.41) is 3.07. The first kappa shape index (κ1) is 31.6. The van der Waals surface area contributed by atoms with Gasteiger partial charge in [0.25, 0.3) is 0 Å². The number of amides is 1. The number of carbonyl (C=O) groups excluding carboxylic acids is 1. The van der Waals surface area contributed by atoms with Gasteiger partial charge in [0.1, 0.15) is 10.6 Å². The van der Waals surface area contributed by atoms with E-state index in [1.165, 1.54) is 12.1 Å². The fourth-order valence-corrected chi connectivity index (χ4v) is 7.83. The first-order valence-electron chi connectivity index (χ1n) is 13.4. The SMILES string of the molecule is CC(C)CN(C)Cc1ccc2c(c1)OCCC2NC(=O)CC(NS(=O)(=O)c1c(Cl)cc(Cl)cc1Cl)c1ccccc1. The molecular weight excluding hydrogens is 605 g/mol.